The lowest BCUT2D eigenvalue weighted by Gasteiger charge is -2.12. The fourth-order valence-corrected chi connectivity index (χ4v) is 2.53. The number of pyridine rings is 1. The van der Waals surface area contributed by atoms with Gasteiger partial charge in [-0.3, -0.25) is 9.79 Å². The molecule has 0 unspecified atom stereocenters. The van der Waals surface area contributed by atoms with E-state index in [1.165, 1.54) is 0 Å². The van der Waals surface area contributed by atoms with Crippen LogP contribution in [0.2, 0.25) is 5.15 Å². The van der Waals surface area contributed by atoms with Crippen molar-refractivity contribution in [3.63, 3.8) is 0 Å². The van der Waals surface area contributed by atoms with E-state index in [2.05, 4.69) is 41.9 Å². The minimum atomic E-state index is -0.0532. The number of nitrogens with zero attached hydrogens (tertiary/aromatic N) is 2. The molecule has 0 aliphatic carbocycles. The van der Waals surface area contributed by atoms with Crippen LogP contribution in [0, 0.1) is 0 Å². The summed E-state index contributed by atoms with van der Waals surface area (Å²) >= 11 is 9.13. The molecule has 0 saturated heterocycles. The smallest absolute Gasteiger partial charge is 0.226 e. The van der Waals surface area contributed by atoms with Crippen molar-refractivity contribution in [2.24, 2.45) is 4.99 Å². The molecule has 6 nitrogen and oxygen atoms in total. The molecule has 0 bridgehead atoms. The molecule has 26 heavy (non-hydrogen) atoms. The number of nitrogens with one attached hydrogen (secondary N) is 3. The Bertz CT molecular complexity index is 734. The third-order valence-electron chi connectivity index (χ3n) is 3.49. The van der Waals surface area contributed by atoms with E-state index in [0.717, 1.165) is 22.1 Å². The zero-order valence-electron chi connectivity index (χ0n) is 14.4. The molecule has 138 valence electrons. The Hall–Kier alpha value is -2.12. The second-order valence-electron chi connectivity index (χ2n) is 5.47. The van der Waals surface area contributed by atoms with Gasteiger partial charge in [-0.1, -0.05) is 33.6 Å². The molecule has 8 heteroatoms. The van der Waals surface area contributed by atoms with Crippen LogP contribution in [0.15, 0.2) is 52.1 Å². The van der Waals surface area contributed by atoms with E-state index in [1.807, 2.05) is 30.3 Å². The molecule has 1 aromatic carbocycles. The molecule has 0 spiro atoms. The quantitative estimate of drug-likeness (QED) is 0.352. The van der Waals surface area contributed by atoms with Gasteiger partial charge in [0.05, 0.1) is 0 Å². The summed E-state index contributed by atoms with van der Waals surface area (Å²) in [6.45, 7) is 1.19. The topological polar surface area (TPSA) is 78.4 Å². The first-order valence-corrected chi connectivity index (χ1v) is 9.34. The molecule has 0 aliphatic rings. The zero-order valence-corrected chi connectivity index (χ0v) is 16.8. The highest BCUT2D eigenvalue weighted by Crippen LogP contribution is 2.14. The van der Waals surface area contributed by atoms with E-state index in [9.17, 15) is 4.79 Å². The van der Waals surface area contributed by atoms with Gasteiger partial charge >= 0.3 is 0 Å². The normalized spacial score (nSPS) is 11.1. The minimum Gasteiger partial charge on any atom is -0.356 e. The third-order valence-corrected chi connectivity index (χ3v) is 4.24. The average Bonchev–Trinajstić information content (AvgIpc) is 2.64. The van der Waals surface area contributed by atoms with Crippen LogP contribution in [0.25, 0.3) is 0 Å². The maximum Gasteiger partial charge on any atom is 0.226 e. The molecular formula is C18H21BrClN5O. The molecule has 3 N–H and O–H groups in total. The molecule has 0 saturated carbocycles. The van der Waals surface area contributed by atoms with Gasteiger partial charge in [-0.05, 0) is 42.3 Å². The summed E-state index contributed by atoms with van der Waals surface area (Å²) in [6, 6.07) is 11.2. The number of aromatic nitrogens is 1. The van der Waals surface area contributed by atoms with Crippen molar-refractivity contribution in [2.75, 3.05) is 25.5 Å². The minimum absolute atomic E-state index is 0.0532. The highest BCUT2D eigenvalue weighted by atomic mass is 79.9. The van der Waals surface area contributed by atoms with Crippen LogP contribution < -0.4 is 16.0 Å². The lowest BCUT2D eigenvalue weighted by molar-refractivity contribution is -0.116. The van der Waals surface area contributed by atoms with Gasteiger partial charge in [-0.2, -0.15) is 0 Å². The zero-order chi connectivity index (χ0) is 18.8. The Balaban J connectivity index is 1.65. The van der Waals surface area contributed by atoms with Crippen molar-refractivity contribution in [1.82, 2.24) is 15.6 Å². The molecule has 0 atom stereocenters. The number of hydrogen-bond acceptors (Lipinski definition) is 3. The SMILES string of the molecule is CN=C(NCCC(=O)Nc1ccc(Br)cc1)NCCc1ccc(Cl)nc1. The Labute approximate surface area is 166 Å². The van der Waals surface area contributed by atoms with Crippen molar-refractivity contribution in [2.45, 2.75) is 12.8 Å². The number of carbonyl (C=O) groups is 1. The van der Waals surface area contributed by atoms with E-state index in [-0.39, 0.29) is 5.91 Å². The standard InChI is InChI=1S/C18H21BrClN5O/c1-21-18(22-10-8-13-2-7-16(20)24-12-13)23-11-9-17(26)25-15-5-3-14(19)4-6-15/h2-7,12H,8-11H2,1H3,(H,25,26)(H2,21,22,23). The van der Waals surface area contributed by atoms with Crippen LogP contribution in [0.3, 0.4) is 0 Å². The molecule has 0 fully saturated rings. The predicted molar refractivity (Wildman–Crippen MR) is 110 cm³/mol. The number of hydrogen-bond donors (Lipinski definition) is 3. The Morgan fingerprint density at radius 2 is 1.88 bits per heavy atom. The summed E-state index contributed by atoms with van der Waals surface area (Å²) in [5, 5.41) is 9.67. The fraction of sp³-hybridized carbons (Fsp3) is 0.278. The third kappa shape index (κ3) is 7.41. The van der Waals surface area contributed by atoms with Crippen LogP contribution in [0.1, 0.15) is 12.0 Å². The van der Waals surface area contributed by atoms with Gasteiger partial charge < -0.3 is 16.0 Å². The largest absolute Gasteiger partial charge is 0.356 e. The number of rotatable bonds is 7. The molecule has 1 aromatic heterocycles. The van der Waals surface area contributed by atoms with Crippen LogP contribution >= 0.6 is 27.5 Å². The molecular weight excluding hydrogens is 418 g/mol. The summed E-state index contributed by atoms with van der Waals surface area (Å²) < 4.78 is 0.974. The van der Waals surface area contributed by atoms with Gasteiger partial charge in [-0.15, -0.1) is 0 Å². The van der Waals surface area contributed by atoms with Crippen molar-refractivity contribution >= 4 is 45.1 Å². The number of guanidine groups is 1. The van der Waals surface area contributed by atoms with Crippen LogP contribution in [0.4, 0.5) is 5.69 Å². The Morgan fingerprint density at radius 1 is 1.15 bits per heavy atom. The molecule has 1 amide bonds. The van der Waals surface area contributed by atoms with Gasteiger partial charge in [-0.25, -0.2) is 4.98 Å². The van der Waals surface area contributed by atoms with Crippen molar-refractivity contribution in [3.8, 4) is 0 Å². The maximum absolute atomic E-state index is 12.0. The summed E-state index contributed by atoms with van der Waals surface area (Å²) in [5.74, 6) is 0.603. The Kier molecular flexibility index (Phi) is 8.37. The fourth-order valence-electron chi connectivity index (χ4n) is 2.15. The summed E-state index contributed by atoms with van der Waals surface area (Å²) in [5.41, 5.74) is 1.86. The van der Waals surface area contributed by atoms with Gasteiger partial charge in [0, 0.05) is 42.9 Å². The average molecular weight is 439 g/mol. The molecule has 0 radical (unpaired) electrons. The number of halogens is 2. The van der Waals surface area contributed by atoms with E-state index in [1.54, 1.807) is 19.3 Å². The number of amides is 1. The lowest BCUT2D eigenvalue weighted by Crippen LogP contribution is -2.39. The highest BCUT2D eigenvalue weighted by molar-refractivity contribution is 9.10. The van der Waals surface area contributed by atoms with Crippen LogP contribution in [-0.4, -0.2) is 37.0 Å². The van der Waals surface area contributed by atoms with Gasteiger partial charge in [0.1, 0.15) is 5.15 Å². The molecule has 2 rings (SSSR count). The summed E-state index contributed by atoms with van der Waals surface area (Å²) in [6.07, 6.45) is 2.90. The first kappa shape index (κ1) is 20.2. The van der Waals surface area contributed by atoms with E-state index < -0.39 is 0 Å². The molecule has 0 aliphatic heterocycles. The second-order valence-corrected chi connectivity index (χ2v) is 6.77. The van der Waals surface area contributed by atoms with Crippen molar-refractivity contribution in [3.05, 3.63) is 57.8 Å². The van der Waals surface area contributed by atoms with E-state index >= 15 is 0 Å². The highest BCUT2D eigenvalue weighted by Gasteiger charge is 2.04. The molecule has 1 heterocycles. The lowest BCUT2D eigenvalue weighted by atomic mass is 10.2. The van der Waals surface area contributed by atoms with Crippen LogP contribution in [0.5, 0.6) is 0 Å². The number of carbonyl (C=O) groups excluding carboxylic acids is 1. The summed E-state index contributed by atoms with van der Waals surface area (Å²) in [7, 11) is 1.70. The number of benzene rings is 1. The van der Waals surface area contributed by atoms with Crippen molar-refractivity contribution in [1.29, 1.82) is 0 Å². The number of aliphatic imine (C=N–C) groups is 1. The second kappa shape index (κ2) is 10.8. The van der Waals surface area contributed by atoms with Gasteiger partial charge in [0.2, 0.25) is 5.91 Å². The van der Waals surface area contributed by atoms with Gasteiger partial charge in [0.15, 0.2) is 5.96 Å². The van der Waals surface area contributed by atoms with Crippen LogP contribution in [-0.2, 0) is 11.2 Å². The van der Waals surface area contributed by atoms with E-state index in [4.69, 9.17) is 11.6 Å². The monoisotopic (exact) mass is 437 g/mol. The van der Waals surface area contributed by atoms with E-state index in [0.29, 0.717) is 30.6 Å². The summed E-state index contributed by atoms with van der Waals surface area (Å²) in [4.78, 5) is 20.1. The Morgan fingerprint density at radius 3 is 2.54 bits per heavy atom. The first-order chi connectivity index (χ1) is 12.6. The predicted octanol–water partition coefficient (Wildman–Crippen LogP) is 3.23. The van der Waals surface area contributed by atoms with Crippen molar-refractivity contribution < 1.29 is 4.79 Å². The van der Waals surface area contributed by atoms with Gasteiger partial charge in [0.25, 0.3) is 0 Å². The first-order valence-electron chi connectivity index (χ1n) is 8.17. The maximum atomic E-state index is 12.0. The molecule has 2 aromatic rings. The number of anilines is 1.